The number of rotatable bonds is 8. The summed E-state index contributed by atoms with van der Waals surface area (Å²) in [5, 5.41) is 0. The molecule has 2 heterocycles. The second-order valence-electron chi connectivity index (χ2n) is 8.02. The molecule has 1 aliphatic carbocycles. The van der Waals surface area contributed by atoms with E-state index in [4.69, 9.17) is 9.47 Å². The highest BCUT2D eigenvalue weighted by atomic mass is 16.5. The normalized spacial score (nSPS) is 16.6. The Morgan fingerprint density at radius 2 is 1.74 bits per heavy atom. The number of nitrogens with zero attached hydrogens (tertiary/aromatic N) is 4. The van der Waals surface area contributed by atoms with Crippen LogP contribution in [0.2, 0.25) is 0 Å². The monoisotopic (exact) mass is 424 g/mol. The molecule has 31 heavy (non-hydrogen) atoms. The van der Waals surface area contributed by atoms with Crippen molar-refractivity contribution < 1.29 is 19.1 Å². The predicted molar refractivity (Wildman–Crippen MR) is 114 cm³/mol. The Hall–Kier alpha value is -3.16. The van der Waals surface area contributed by atoms with Crippen molar-refractivity contribution in [3.8, 4) is 5.75 Å². The van der Waals surface area contributed by atoms with Gasteiger partial charge in [-0.25, -0.2) is 9.97 Å². The lowest BCUT2D eigenvalue weighted by Gasteiger charge is -2.30. The molecule has 4 rings (SSSR count). The van der Waals surface area contributed by atoms with E-state index in [9.17, 15) is 9.59 Å². The smallest absolute Gasteiger partial charge is 0.309 e. The number of hydrogen-bond donors (Lipinski definition) is 0. The van der Waals surface area contributed by atoms with E-state index in [0.29, 0.717) is 38.4 Å². The number of ether oxygens (including phenoxy) is 2. The Bertz CT molecular complexity index is 878. The van der Waals surface area contributed by atoms with Gasteiger partial charge in [0.05, 0.1) is 13.0 Å². The van der Waals surface area contributed by atoms with Gasteiger partial charge in [-0.15, -0.1) is 0 Å². The quantitative estimate of drug-likeness (QED) is 0.602. The first-order valence-electron chi connectivity index (χ1n) is 10.7. The SMILES string of the molecule is COc1ccc(CN(C(=O)COC(=O)C2CCN(c3ncccn3)CC2)C2CC2)cc1. The van der Waals surface area contributed by atoms with Crippen LogP contribution in [0.1, 0.15) is 31.2 Å². The van der Waals surface area contributed by atoms with Gasteiger partial charge in [-0.1, -0.05) is 12.1 Å². The van der Waals surface area contributed by atoms with E-state index in [1.54, 1.807) is 25.6 Å². The van der Waals surface area contributed by atoms with Crippen molar-refractivity contribution in [2.24, 2.45) is 5.92 Å². The van der Waals surface area contributed by atoms with E-state index in [1.165, 1.54) is 0 Å². The van der Waals surface area contributed by atoms with E-state index in [-0.39, 0.29) is 30.4 Å². The van der Waals surface area contributed by atoms with E-state index in [0.717, 1.165) is 24.2 Å². The molecular formula is C23H28N4O4. The standard InChI is InChI=1S/C23H28N4O4/c1-30-20-7-3-17(4-8-20)15-27(19-5-6-19)21(28)16-31-22(29)18-9-13-26(14-10-18)23-24-11-2-12-25-23/h2-4,7-8,11-12,18-19H,5-6,9-10,13-16H2,1H3. The van der Waals surface area contributed by atoms with Crippen LogP contribution in [0.3, 0.4) is 0 Å². The Morgan fingerprint density at radius 1 is 1.06 bits per heavy atom. The second kappa shape index (κ2) is 9.76. The molecule has 0 spiro atoms. The van der Waals surface area contributed by atoms with Crippen LogP contribution in [0.15, 0.2) is 42.7 Å². The Labute approximate surface area is 182 Å². The van der Waals surface area contributed by atoms with Crippen LogP contribution in [0.5, 0.6) is 5.75 Å². The molecule has 0 unspecified atom stereocenters. The van der Waals surface area contributed by atoms with Gasteiger partial charge < -0.3 is 19.3 Å². The summed E-state index contributed by atoms with van der Waals surface area (Å²) in [7, 11) is 1.63. The summed E-state index contributed by atoms with van der Waals surface area (Å²) in [5.41, 5.74) is 1.03. The van der Waals surface area contributed by atoms with Crippen molar-refractivity contribution in [3.05, 3.63) is 48.3 Å². The number of esters is 1. The fourth-order valence-electron chi connectivity index (χ4n) is 3.84. The average Bonchev–Trinajstić information content (AvgIpc) is 3.67. The average molecular weight is 425 g/mol. The summed E-state index contributed by atoms with van der Waals surface area (Å²) in [6.45, 7) is 1.71. The molecule has 0 N–H and O–H groups in total. The second-order valence-corrected chi connectivity index (χ2v) is 8.02. The summed E-state index contributed by atoms with van der Waals surface area (Å²) >= 11 is 0. The van der Waals surface area contributed by atoms with Gasteiger partial charge in [-0.05, 0) is 49.4 Å². The van der Waals surface area contributed by atoms with Crippen LogP contribution in [-0.2, 0) is 20.9 Å². The number of methoxy groups -OCH3 is 1. The van der Waals surface area contributed by atoms with Gasteiger partial charge in [0.1, 0.15) is 5.75 Å². The highest BCUT2D eigenvalue weighted by molar-refractivity contribution is 5.82. The number of anilines is 1. The molecule has 1 aromatic heterocycles. The fourth-order valence-corrected chi connectivity index (χ4v) is 3.84. The minimum Gasteiger partial charge on any atom is -0.497 e. The van der Waals surface area contributed by atoms with Gasteiger partial charge in [0.15, 0.2) is 6.61 Å². The molecular weight excluding hydrogens is 396 g/mol. The number of aromatic nitrogens is 2. The van der Waals surface area contributed by atoms with Crippen molar-refractivity contribution in [1.29, 1.82) is 0 Å². The van der Waals surface area contributed by atoms with Crippen molar-refractivity contribution in [1.82, 2.24) is 14.9 Å². The number of amides is 1. The van der Waals surface area contributed by atoms with Gasteiger partial charge in [0.25, 0.3) is 5.91 Å². The van der Waals surface area contributed by atoms with E-state index >= 15 is 0 Å². The maximum absolute atomic E-state index is 12.8. The number of carbonyl (C=O) groups is 2. The number of piperidine rings is 1. The van der Waals surface area contributed by atoms with Gasteiger partial charge in [-0.3, -0.25) is 9.59 Å². The molecule has 1 amide bonds. The van der Waals surface area contributed by atoms with Crippen LogP contribution in [0, 0.1) is 5.92 Å². The first-order valence-corrected chi connectivity index (χ1v) is 10.7. The lowest BCUT2D eigenvalue weighted by Crippen LogP contribution is -2.39. The molecule has 2 aromatic rings. The van der Waals surface area contributed by atoms with Gasteiger partial charge >= 0.3 is 5.97 Å². The van der Waals surface area contributed by atoms with E-state index < -0.39 is 0 Å². The van der Waals surface area contributed by atoms with Crippen molar-refractivity contribution in [2.75, 3.05) is 31.7 Å². The molecule has 0 radical (unpaired) electrons. The summed E-state index contributed by atoms with van der Waals surface area (Å²) in [6.07, 6.45) is 6.76. The molecule has 1 aliphatic heterocycles. The maximum atomic E-state index is 12.8. The fraction of sp³-hybridized carbons (Fsp3) is 0.478. The Kier molecular flexibility index (Phi) is 6.64. The third kappa shape index (κ3) is 5.51. The lowest BCUT2D eigenvalue weighted by molar-refractivity contribution is -0.156. The summed E-state index contributed by atoms with van der Waals surface area (Å²) in [5.74, 6) is 0.850. The van der Waals surface area contributed by atoms with E-state index in [2.05, 4.69) is 14.9 Å². The topological polar surface area (TPSA) is 84.9 Å². The van der Waals surface area contributed by atoms with Gasteiger partial charge in [0, 0.05) is 38.1 Å². The van der Waals surface area contributed by atoms with Crippen LogP contribution >= 0.6 is 0 Å². The third-order valence-electron chi connectivity index (χ3n) is 5.82. The number of benzene rings is 1. The van der Waals surface area contributed by atoms with Crippen LogP contribution in [0.4, 0.5) is 5.95 Å². The third-order valence-corrected chi connectivity index (χ3v) is 5.82. The highest BCUT2D eigenvalue weighted by Gasteiger charge is 2.34. The van der Waals surface area contributed by atoms with Crippen molar-refractivity contribution in [2.45, 2.75) is 38.3 Å². The molecule has 2 fully saturated rings. The molecule has 1 saturated heterocycles. The maximum Gasteiger partial charge on any atom is 0.309 e. The molecule has 2 aliphatic rings. The zero-order chi connectivity index (χ0) is 21.6. The first-order chi connectivity index (χ1) is 15.1. The van der Waals surface area contributed by atoms with Crippen molar-refractivity contribution in [3.63, 3.8) is 0 Å². The molecule has 1 saturated carbocycles. The summed E-state index contributed by atoms with van der Waals surface area (Å²) in [6, 6.07) is 9.71. The van der Waals surface area contributed by atoms with Crippen LogP contribution in [0.25, 0.3) is 0 Å². The zero-order valence-electron chi connectivity index (χ0n) is 17.8. The molecule has 1 aromatic carbocycles. The summed E-state index contributed by atoms with van der Waals surface area (Å²) < 4.78 is 10.6. The Balaban J connectivity index is 1.25. The molecule has 0 bridgehead atoms. The minimum atomic E-state index is -0.290. The molecule has 0 atom stereocenters. The van der Waals surface area contributed by atoms with Gasteiger partial charge in [-0.2, -0.15) is 0 Å². The van der Waals surface area contributed by atoms with E-state index in [1.807, 2.05) is 29.2 Å². The van der Waals surface area contributed by atoms with Crippen LogP contribution in [-0.4, -0.2) is 59.6 Å². The lowest BCUT2D eigenvalue weighted by atomic mass is 9.97. The van der Waals surface area contributed by atoms with Crippen LogP contribution < -0.4 is 9.64 Å². The first kappa shape index (κ1) is 21.1. The largest absolute Gasteiger partial charge is 0.497 e. The van der Waals surface area contributed by atoms with Gasteiger partial charge in [0.2, 0.25) is 5.95 Å². The Morgan fingerprint density at radius 3 is 2.35 bits per heavy atom. The summed E-state index contributed by atoms with van der Waals surface area (Å²) in [4.78, 5) is 37.7. The van der Waals surface area contributed by atoms with Crippen molar-refractivity contribution >= 4 is 17.8 Å². The molecule has 8 heteroatoms. The minimum absolute atomic E-state index is 0.137. The zero-order valence-corrected chi connectivity index (χ0v) is 17.8. The highest BCUT2D eigenvalue weighted by Crippen LogP contribution is 2.29. The number of carbonyl (C=O) groups excluding carboxylic acids is 2. The number of hydrogen-bond acceptors (Lipinski definition) is 7. The molecule has 164 valence electrons. The molecule has 8 nitrogen and oxygen atoms in total. The predicted octanol–water partition coefficient (Wildman–Crippen LogP) is 2.44.